The molecule has 112 valence electrons. The fraction of sp³-hybridized carbons (Fsp3) is 0.462. The molecule has 0 aliphatic carbocycles. The van der Waals surface area contributed by atoms with Crippen molar-refractivity contribution in [3.05, 3.63) is 23.2 Å². The van der Waals surface area contributed by atoms with E-state index in [1.54, 1.807) is 0 Å². The number of hydrogen-bond acceptors (Lipinski definition) is 4. The molecule has 21 heavy (non-hydrogen) atoms. The molecule has 0 aromatic carbocycles. The van der Waals surface area contributed by atoms with Gasteiger partial charge in [0.1, 0.15) is 17.1 Å². The molecular weight excluding hydrogens is 294 g/mol. The number of aromatic nitrogens is 3. The summed E-state index contributed by atoms with van der Waals surface area (Å²) >= 11 is 6.14. The summed E-state index contributed by atoms with van der Waals surface area (Å²) in [5.74, 6) is 0. The molecule has 0 spiro atoms. The molecule has 1 aliphatic heterocycles. The highest BCUT2D eigenvalue weighted by Crippen LogP contribution is 2.25. The summed E-state index contributed by atoms with van der Waals surface area (Å²) in [6, 6.07) is 0.0497. The molecule has 8 heteroatoms. The molecule has 0 bridgehead atoms. The second-order valence-corrected chi connectivity index (χ2v) is 5.56. The summed E-state index contributed by atoms with van der Waals surface area (Å²) in [4.78, 5) is 24.2. The zero-order valence-electron chi connectivity index (χ0n) is 11.3. The maximum absolute atomic E-state index is 10.6. The van der Waals surface area contributed by atoms with Gasteiger partial charge < -0.3 is 15.4 Å². The first-order valence-electron chi connectivity index (χ1n) is 6.82. The summed E-state index contributed by atoms with van der Waals surface area (Å²) in [6.45, 7) is 2.46. The number of likely N-dealkylation sites (tertiary alicyclic amines) is 1. The lowest BCUT2D eigenvalue weighted by atomic mass is 10.0. The monoisotopic (exact) mass is 309 g/mol. The summed E-state index contributed by atoms with van der Waals surface area (Å²) in [5.41, 5.74) is 1.81. The third kappa shape index (κ3) is 3.08. The number of amides is 1. The van der Waals surface area contributed by atoms with Gasteiger partial charge in [-0.05, 0) is 18.4 Å². The van der Waals surface area contributed by atoms with Crippen molar-refractivity contribution in [2.24, 2.45) is 0 Å². The first kappa shape index (κ1) is 14.1. The van der Waals surface area contributed by atoms with Gasteiger partial charge in [0.2, 0.25) is 0 Å². The number of rotatable bonds is 3. The maximum atomic E-state index is 10.6. The smallest absolute Gasteiger partial charge is 0.404 e. The maximum Gasteiger partial charge on any atom is 0.404 e. The van der Waals surface area contributed by atoms with E-state index in [2.05, 4.69) is 25.2 Å². The Balaban J connectivity index is 1.66. The molecular formula is C13H16ClN5O2. The van der Waals surface area contributed by atoms with Crippen LogP contribution in [0.1, 0.15) is 18.4 Å². The number of piperidine rings is 1. The van der Waals surface area contributed by atoms with Crippen molar-refractivity contribution in [3.8, 4) is 0 Å². The third-order valence-corrected chi connectivity index (χ3v) is 4.10. The highest BCUT2D eigenvalue weighted by Gasteiger charge is 2.21. The number of carbonyl (C=O) groups is 1. The lowest BCUT2D eigenvalue weighted by Gasteiger charge is -2.31. The van der Waals surface area contributed by atoms with Crippen LogP contribution >= 0.6 is 11.6 Å². The molecule has 3 N–H and O–H groups in total. The van der Waals surface area contributed by atoms with Crippen LogP contribution in [-0.2, 0) is 6.54 Å². The van der Waals surface area contributed by atoms with Crippen molar-refractivity contribution in [1.29, 1.82) is 0 Å². The topological polar surface area (TPSA) is 94.1 Å². The van der Waals surface area contributed by atoms with Gasteiger partial charge in [-0.1, -0.05) is 11.6 Å². The fourth-order valence-electron chi connectivity index (χ4n) is 2.76. The van der Waals surface area contributed by atoms with E-state index in [0.29, 0.717) is 5.15 Å². The van der Waals surface area contributed by atoms with Crippen molar-refractivity contribution in [3.63, 3.8) is 0 Å². The number of nitrogens with zero attached hydrogens (tertiary/aromatic N) is 3. The van der Waals surface area contributed by atoms with Gasteiger partial charge in [0.15, 0.2) is 0 Å². The normalized spacial score (nSPS) is 17.2. The summed E-state index contributed by atoms with van der Waals surface area (Å²) in [5, 5.41) is 12.6. The number of nitrogens with one attached hydrogen (secondary N) is 2. The predicted molar refractivity (Wildman–Crippen MR) is 78.4 cm³/mol. The molecule has 2 aromatic rings. The van der Waals surface area contributed by atoms with Gasteiger partial charge in [-0.15, -0.1) is 0 Å². The van der Waals surface area contributed by atoms with Crippen molar-refractivity contribution >= 4 is 28.7 Å². The Bertz CT molecular complexity index is 651. The first-order valence-corrected chi connectivity index (χ1v) is 7.19. The Labute approximate surface area is 126 Å². The van der Waals surface area contributed by atoms with Crippen LogP contribution in [-0.4, -0.2) is 50.2 Å². The van der Waals surface area contributed by atoms with E-state index in [1.165, 1.54) is 6.33 Å². The molecule has 0 radical (unpaired) electrons. The minimum Gasteiger partial charge on any atom is -0.465 e. The van der Waals surface area contributed by atoms with E-state index in [9.17, 15) is 4.79 Å². The molecule has 1 aliphatic rings. The minimum atomic E-state index is -0.950. The molecule has 0 unspecified atom stereocenters. The lowest BCUT2D eigenvalue weighted by Crippen LogP contribution is -2.43. The summed E-state index contributed by atoms with van der Waals surface area (Å²) < 4.78 is 0. The van der Waals surface area contributed by atoms with E-state index in [1.807, 2.05) is 6.20 Å². The largest absolute Gasteiger partial charge is 0.465 e. The second kappa shape index (κ2) is 5.87. The standard InChI is InChI=1S/C13H16ClN5O2/c14-11-10-8(5-15-12(10)17-7-16-11)6-19-3-1-9(2-4-19)18-13(20)21/h5,7,9,18H,1-4,6H2,(H,20,21)(H,15,16,17). The number of H-pyrrole nitrogens is 1. The minimum absolute atomic E-state index is 0.0497. The average molecular weight is 310 g/mol. The van der Waals surface area contributed by atoms with Crippen LogP contribution in [0.25, 0.3) is 11.0 Å². The van der Waals surface area contributed by atoms with Gasteiger partial charge in [0, 0.05) is 31.9 Å². The molecule has 3 rings (SSSR count). The lowest BCUT2D eigenvalue weighted by molar-refractivity contribution is 0.165. The van der Waals surface area contributed by atoms with Crippen LogP contribution in [0.5, 0.6) is 0 Å². The van der Waals surface area contributed by atoms with Crippen LogP contribution in [0.15, 0.2) is 12.5 Å². The predicted octanol–water partition coefficient (Wildman–Crippen LogP) is 1.84. The van der Waals surface area contributed by atoms with E-state index in [-0.39, 0.29) is 6.04 Å². The first-order chi connectivity index (χ1) is 10.1. The van der Waals surface area contributed by atoms with Gasteiger partial charge in [-0.3, -0.25) is 4.90 Å². The third-order valence-electron chi connectivity index (χ3n) is 3.81. The number of carboxylic acid groups (broad SMARTS) is 1. The van der Waals surface area contributed by atoms with E-state index < -0.39 is 6.09 Å². The Morgan fingerprint density at radius 2 is 2.24 bits per heavy atom. The number of fused-ring (bicyclic) bond motifs is 1. The molecule has 1 saturated heterocycles. The Kier molecular flexibility index (Phi) is 3.94. The average Bonchev–Trinajstić information content (AvgIpc) is 2.85. The highest BCUT2D eigenvalue weighted by atomic mass is 35.5. The van der Waals surface area contributed by atoms with Crippen LogP contribution < -0.4 is 5.32 Å². The quantitative estimate of drug-likeness (QED) is 0.752. The SMILES string of the molecule is O=C(O)NC1CCN(Cc2c[nH]c3ncnc(Cl)c23)CC1. The Morgan fingerprint density at radius 3 is 2.95 bits per heavy atom. The second-order valence-electron chi connectivity index (χ2n) is 5.20. The number of halogens is 1. The van der Waals surface area contributed by atoms with Gasteiger partial charge in [0.25, 0.3) is 0 Å². The van der Waals surface area contributed by atoms with Crippen LogP contribution in [0.4, 0.5) is 4.79 Å². The molecule has 1 amide bonds. The van der Waals surface area contributed by atoms with E-state index in [4.69, 9.17) is 16.7 Å². The van der Waals surface area contributed by atoms with Gasteiger partial charge >= 0.3 is 6.09 Å². The number of aromatic amines is 1. The van der Waals surface area contributed by atoms with Crippen LogP contribution in [0.3, 0.4) is 0 Å². The molecule has 0 saturated carbocycles. The molecule has 1 fully saturated rings. The summed E-state index contributed by atoms with van der Waals surface area (Å²) in [6.07, 6.45) is 4.03. The zero-order chi connectivity index (χ0) is 14.8. The van der Waals surface area contributed by atoms with Crippen molar-refractivity contribution in [2.45, 2.75) is 25.4 Å². The Morgan fingerprint density at radius 1 is 1.48 bits per heavy atom. The zero-order valence-corrected chi connectivity index (χ0v) is 12.1. The number of hydrogen-bond donors (Lipinski definition) is 3. The molecule has 3 heterocycles. The summed E-state index contributed by atoms with van der Waals surface area (Å²) in [7, 11) is 0. The molecule has 2 aromatic heterocycles. The van der Waals surface area contributed by atoms with Crippen molar-refractivity contribution < 1.29 is 9.90 Å². The molecule has 7 nitrogen and oxygen atoms in total. The van der Waals surface area contributed by atoms with Crippen molar-refractivity contribution in [1.82, 2.24) is 25.2 Å². The van der Waals surface area contributed by atoms with E-state index in [0.717, 1.165) is 49.1 Å². The highest BCUT2D eigenvalue weighted by molar-refractivity contribution is 6.34. The van der Waals surface area contributed by atoms with Crippen LogP contribution in [0, 0.1) is 0 Å². The van der Waals surface area contributed by atoms with Crippen molar-refractivity contribution in [2.75, 3.05) is 13.1 Å². The van der Waals surface area contributed by atoms with Gasteiger partial charge in [-0.25, -0.2) is 14.8 Å². The fourth-order valence-corrected chi connectivity index (χ4v) is 3.02. The van der Waals surface area contributed by atoms with Crippen LogP contribution in [0.2, 0.25) is 5.15 Å². The molecule has 0 atom stereocenters. The van der Waals surface area contributed by atoms with Gasteiger partial charge in [-0.2, -0.15) is 0 Å². The van der Waals surface area contributed by atoms with Gasteiger partial charge in [0.05, 0.1) is 5.39 Å². The van der Waals surface area contributed by atoms with E-state index >= 15 is 0 Å². The Hall–Kier alpha value is -1.86.